The number of piperazine rings is 1. The maximum Gasteiger partial charge on any atom is 0.0702 e. The van der Waals surface area contributed by atoms with Crippen molar-refractivity contribution in [3.63, 3.8) is 0 Å². The van der Waals surface area contributed by atoms with Crippen LogP contribution >= 0.6 is 15.9 Å². The van der Waals surface area contributed by atoms with Crippen LogP contribution in [0, 0.1) is 0 Å². The van der Waals surface area contributed by atoms with E-state index in [2.05, 4.69) is 45.6 Å². The molecule has 0 saturated carbocycles. The summed E-state index contributed by atoms with van der Waals surface area (Å²) in [6.45, 7) is 8.85. The first-order chi connectivity index (χ1) is 8.65. The highest BCUT2D eigenvalue weighted by atomic mass is 79.9. The molecule has 1 saturated heterocycles. The van der Waals surface area contributed by atoms with E-state index in [0.29, 0.717) is 6.04 Å². The second-order valence-corrected chi connectivity index (χ2v) is 5.77. The molecular weight excluding hydrogens is 292 g/mol. The second-order valence-electron chi connectivity index (χ2n) is 4.85. The molecule has 0 aromatic heterocycles. The van der Waals surface area contributed by atoms with Crippen LogP contribution in [0.1, 0.15) is 19.4 Å². The Kier molecular flexibility index (Phi) is 4.65. The number of rotatable bonds is 3. The molecule has 1 aliphatic heterocycles. The van der Waals surface area contributed by atoms with Crippen LogP contribution in [-0.4, -0.2) is 42.2 Å². The number of aliphatic hydroxyl groups excluding tert-OH is 1. The fraction of sp³-hybridized carbons (Fsp3) is 0.571. The average Bonchev–Trinajstić information content (AvgIpc) is 2.38. The van der Waals surface area contributed by atoms with Gasteiger partial charge in [-0.05, 0) is 31.7 Å². The van der Waals surface area contributed by atoms with Crippen molar-refractivity contribution in [2.24, 2.45) is 0 Å². The highest BCUT2D eigenvalue weighted by molar-refractivity contribution is 9.10. The Balaban J connectivity index is 2.17. The summed E-state index contributed by atoms with van der Waals surface area (Å²) in [4.78, 5) is 4.88. The number of hydrogen-bond acceptors (Lipinski definition) is 3. The normalized spacial score (nSPS) is 21.3. The predicted molar refractivity (Wildman–Crippen MR) is 79.0 cm³/mol. The standard InChI is InChI=1S/C14H21BrN2O/c1-3-16-6-7-17(9-11(16)2)14-5-4-13(15)8-12(14)10-18/h4-5,8,11,18H,3,6-7,9-10H2,1-2H3. The molecule has 100 valence electrons. The third-order valence-corrected chi connectivity index (χ3v) is 4.22. The lowest BCUT2D eigenvalue weighted by molar-refractivity contribution is 0.199. The molecule has 18 heavy (non-hydrogen) atoms. The van der Waals surface area contributed by atoms with Gasteiger partial charge in [0.15, 0.2) is 0 Å². The molecule has 3 nitrogen and oxygen atoms in total. The second kappa shape index (κ2) is 6.04. The Hall–Kier alpha value is -0.580. The molecule has 1 unspecified atom stereocenters. The molecule has 0 amide bonds. The van der Waals surface area contributed by atoms with Gasteiger partial charge in [-0.1, -0.05) is 22.9 Å². The van der Waals surface area contributed by atoms with Crippen LogP contribution in [0.25, 0.3) is 0 Å². The van der Waals surface area contributed by atoms with Crippen molar-refractivity contribution in [1.82, 2.24) is 4.90 Å². The van der Waals surface area contributed by atoms with E-state index in [1.54, 1.807) is 0 Å². The minimum absolute atomic E-state index is 0.0944. The summed E-state index contributed by atoms with van der Waals surface area (Å²) < 4.78 is 1.02. The number of nitrogens with zero attached hydrogens (tertiary/aromatic N) is 2. The average molecular weight is 313 g/mol. The van der Waals surface area contributed by atoms with Gasteiger partial charge in [0.25, 0.3) is 0 Å². The third-order valence-electron chi connectivity index (χ3n) is 3.72. The SMILES string of the molecule is CCN1CCN(c2ccc(Br)cc2CO)CC1C. The monoisotopic (exact) mass is 312 g/mol. The first kappa shape index (κ1) is 13.8. The highest BCUT2D eigenvalue weighted by Crippen LogP contribution is 2.26. The summed E-state index contributed by atoms with van der Waals surface area (Å²) in [5.41, 5.74) is 2.17. The van der Waals surface area contributed by atoms with E-state index in [1.165, 1.54) is 5.69 Å². The zero-order chi connectivity index (χ0) is 13.1. The lowest BCUT2D eigenvalue weighted by Crippen LogP contribution is -2.51. The fourth-order valence-corrected chi connectivity index (χ4v) is 3.08. The quantitative estimate of drug-likeness (QED) is 0.929. The fourth-order valence-electron chi connectivity index (χ4n) is 2.67. The molecule has 4 heteroatoms. The molecule has 1 atom stereocenters. The van der Waals surface area contributed by atoms with E-state index in [4.69, 9.17) is 0 Å². The van der Waals surface area contributed by atoms with Crippen LogP contribution in [0.4, 0.5) is 5.69 Å². The Bertz CT molecular complexity index is 411. The minimum atomic E-state index is 0.0944. The number of aliphatic hydroxyl groups is 1. The molecule has 1 aromatic carbocycles. The van der Waals surface area contributed by atoms with Crippen LogP contribution in [-0.2, 0) is 6.61 Å². The van der Waals surface area contributed by atoms with Gasteiger partial charge in [0.1, 0.15) is 0 Å². The minimum Gasteiger partial charge on any atom is -0.392 e. The number of likely N-dealkylation sites (N-methyl/N-ethyl adjacent to an activating group) is 1. The van der Waals surface area contributed by atoms with Crippen LogP contribution in [0.3, 0.4) is 0 Å². The van der Waals surface area contributed by atoms with Gasteiger partial charge in [-0.15, -0.1) is 0 Å². The summed E-state index contributed by atoms with van der Waals surface area (Å²) in [6, 6.07) is 6.72. The van der Waals surface area contributed by atoms with E-state index in [9.17, 15) is 5.11 Å². The van der Waals surface area contributed by atoms with Gasteiger partial charge in [0, 0.05) is 41.4 Å². The van der Waals surface area contributed by atoms with Crippen molar-refractivity contribution in [2.75, 3.05) is 31.1 Å². The lowest BCUT2D eigenvalue weighted by atomic mass is 10.1. The summed E-state index contributed by atoms with van der Waals surface area (Å²) >= 11 is 3.46. The van der Waals surface area contributed by atoms with Crippen molar-refractivity contribution < 1.29 is 5.11 Å². The van der Waals surface area contributed by atoms with Gasteiger partial charge in [-0.2, -0.15) is 0 Å². The summed E-state index contributed by atoms with van der Waals surface area (Å²) in [5.74, 6) is 0. The Morgan fingerprint density at radius 1 is 1.39 bits per heavy atom. The maximum absolute atomic E-state index is 9.48. The molecule has 1 aromatic rings. The van der Waals surface area contributed by atoms with E-state index >= 15 is 0 Å². The van der Waals surface area contributed by atoms with Crippen molar-refractivity contribution in [1.29, 1.82) is 0 Å². The number of hydrogen-bond donors (Lipinski definition) is 1. The molecule has 0 aliphatic carbocycles. The lowest BCUT2D eigenvalue weighted by Gasteiger charge is -2.41. The van der Waals surface area contributed by atoms with Crippen LogP contribution in [0.15, 0.2) is 22.7 Å². The van der Waals surface area contributed by atoms with Crippen LogP contribution < -0.4 is 4.90 Å². The first-order valence-electron chi connectivity index (χ1n) is 6.54. The van der Waals surface area contributed by atoms with Gasteiger partial charge < -0.3 is 10.0 Å². The molecule has 1 aliphatic rings. The molecule has 1 N–H and O–H groups in total. The molecular formula is C14H21BrN2O. The van der Waals surface area contributed by atoms with Gasteiger partial charge in [0.2, 0.25) is 0 Å². The van der Waals surface area contributed by atoms with E-state index in [1.807, 2.05) is 12.1 Å². The van der Waals surface area contributed by atoms with Gasteiger partial charge >= 0.3 is 0 Å². The largest absolute Gasteiger partial charge is 0.392 e. The smallest absolute Gasteiger partial charge is 0.0702 e. The molecule has 0 bridgehead atoms. The molecule has 0 radical (unpaired) electrons. The summed E-state index contributed by atoms with van der Waals surface area (Å²) in [5, 5.41) is 9.48. The van der Waals surface area contributed by atoms with Crippen molar-refractivity contribution in [2.45, 2.75) is 26.5 Å². The molecule has 0 spiro atoms. The topological polar surface area (TPSA) is 26.7 Å². The van der Waals surface area contributed by atoms with Gasteiger partial charge in [-0.3, -0.25) is 4.90 Å². The van der Waals surface area contributed by atoms with E-state index in [0.717, 1.165) is 36.2 Å². The number of benzene rings is 1. The first-order valence-corrected chi connectivity index (χ1v) is 7.33. The molecule has 2 rings (SSSR count). The Labute approximate surface area is 118 Å². The summed E-state index contributed by atoms with van der Waals surface area (Å²) in [7, 11) is 0. The Morgan fingerprint density at radius 3 is 2.78 bits per heavy atom. The van der Waals surface area contributed by atoms with Gasteiger partial charge in [0.05, 0.1) is 6.61 Å². The van der Waals surface area contributed by atoms with Crippen molar-refractivity contribution >= 4 is 21.6 Å². The van der Waals surface area contributed by atoms with E-state index in [-0.39, 0.29) is 6.61 Å². The molecule has 1 fully saturated rings. The zero-order valence-corrected chi connectivity index (χ0v) is 12.7. The predicted octanol–water partition coefficient (Wildman–Crippen LogP) is 2.47. The van der Waals surface area contributed by atoms with E-state index < -0.39 is 0 Å². The molecule has 1 heterocycles. The Morgan fingerprint density at radius 2 is 2.17 bits per heavy atom. The van der Waals surface area contributed by atoms with Crippen LogP contribution in [0.2, 0.25) is 0 Å². The highest BCUT2D eigenvalue weighted by Gasteiger charge is 2.23. The summed E-state index contributed by atoms with van der Waals surface area (Å²) in [6.07, 6.45) is 0. The van der Waals surface area contributed by atoms with Gasteiger partial charge in [-0.25, -0.2) is 0 Å². The number of halogens is 1. The zero-order valence-electron chi connectivity index (χ0n) is 11.1. The number of anilines is 1. The van der Waals surface area contributed by atoms with Crippen molar-refractivity contribution in [3.05, 3.63) is 28.2 Å². The van der Waals surface area contributed by atoms with Crippen LogP contribution in [0.5, 0.6) is 0 Å². The maximum atomic E-state index is 9.48. The third kappa shape index (κ3) is 2.87. The van der Waals surface area contributed by atoms with Crippen molar-refractivity contribution in [3.8, 4) is 0 Å².